The molecule has 6 heteroatoms. The van der Waals surface area contributed by atoms with Gasteiger partial charge in [0.05, 0.1) is 22.5 Å². The molecule has 0 saturated carbocycles. The summed E-state index contributed by atoms with van der Waals surface area (Å²) in [4.78, 5) is 22.3. The van der Waals surface area contributed by atoms with Gasteiger partial charge in [0.15, 0.2) is 5.88 Å². The number of amides is 1. The Balaban J connectivity index is 1.70. The van der Waals surface area contributed by atoms with Crippen molar-refractivity contribution in [1.29, 1.82) is 0 Å². The van der Waals surface area contributed by atoms with E-state index in [9.17, 15) is 9.90 Å². The Morgan fingerprint density at radius 1 is 0.933 bits per heavy atom. The minimum absolute atomic E-state index is 0.0322. The largest absolute Gasteiger partial charge is 0.494 e. The van der Waals surface area contributed by atoms with Crippen LogP contribution in [0.15, 0.2) is 58.0 Å². The minimum Gasteiger partial charge on any atom is -0.494 e. The van der Waals surface area contributed by atoms with Gasteiger partial charge in [0.25, 0.3) is 5.91 Å². The molecule has 1 aromatic heterocycles. The highest BCUT2D eigenvalue weighted by Crippen LogP contribution is 2.38. The maximum absolute atomic E-state index is 12.7. The zero-order chi connectivity index (χ0) is 21.3. The first-order valence-corrected chi connectivity index (χ1v) is 11.0. The number of carbonyl (C=O) groups excluding carboxylic acids is 1. The summed E-state index contributed by atoms with van der Waals surface area (Å²) < 4.78 is 0.940. The van der Waals surface area contributed by atoms with Crippen LogP contribution in [0, 0.1) is 0 Å². The summed E-state index contributed by atoms with van der Waals surface area (Å²) in [7, 11) is 0. The molecule has 30 heavy (non-hydrogen) atoms. The molecule has 0 unspecified atom stereocenters. The topological polar surface area (TPSA) is 68.7 Å². The van der Waals surface area contributed by atoms with E-state index in [1.807, 2.05) is 36.4 Å². The van der Waals surface area contributed by atoms with E-state index in [0.717, 1.165) is 47.2 Å². The first-order valence-electron chi connectivity index (χ1n) is 10.2. The van der Waals surface area contributed by atoms with Crippen LogP contribution in [0.25, 0.3) is 11.3 Å². The van der Waals surface area contributed by atoms with Gasteiger partial charge in [-0.15, -0.1) is 0 Å². The average Bonchev–Trinajstić information content (AvgIpc) is 3.27. The molecule has 3 aromatic rings. The third-order valence-electron chi connectivity index (χ3n) is 5.27. The van der Waals surface area contributed by atoms with E-state index in [-0.39, 0.29) is 11.8 Å². The second kappa shape index (κ2) is 8.48. The number of aliphatic imine (C=N–C) groups is 1. The lowest BCUT2D eigenvalue weighted by atomic mass is 10.00. The highest BCUT2D eigenvalue weighted by Gasteiger charge is 2.33. The van der Waals surface area contributed by atoms with Crippen LogP contribution >= 0.6 is 15.9 Å². The van der Waals surface area contributed by atoms with E-state index in [1.54, 1.807) is 0 Å². The van der Waals surface area contributed by atoms with Crippen molar-refractivity contribution in [2.45, 2.75) is 26.7 Å². The molecular formula is C24H24BrN3O2. The molecule has 0 atom stereocenters. The molecule has 1 aliphatic heterocycles. The number of fused-ring (bicyclic) bond motifs is 1. The fraction of sp³-hybridized carbons (Fsp3) is 0.250. The second-order valence-electron chi connectivity index (χ2n) is 7.40. The van der Waals surface area contributed by atoms with Crippen LogP contribution in [0.1, 0.15) is 48.2 Å². The number of benzene rings is 2. The Labute approximate surface area is 184 Å². The molecule has 1 amide bonds. The van der Waals surface area contributed by atoms with Crippen molar-refractivity contribution < 1.29 is 9.90 Å². The van der Waals surface area contributed by atoms with Gasteiger partial charge in [-0.2, -0.15) is 0 Å². The molecule has 0 spiro atoms. The van der Waals surface area contributed by atoms with Gasteiger partial charge in [0.2, 0.25) is 0 Å². The predicted octanol–water partition coefficient (Wildman–Crippen LogP) is 5.77. The lowest BCUT2D eigenvalue weighted by molar-refractivity contribution is 0.101. The summed E-state index contributed by atoms with van der Waals surface area (Å²) in [5, 5.41) is 10.6. The Hall–Kier alpha value is -2.86. The van der Waals surface area contributed by atoms with Crippen LogP contribution in [0.3, 0.4) is 0 Å². The van der Waals surface area contributed by atoms with Crippen molar-refractivity contribution in [2.24, 2.45) is 4.99 Å². The molecule has 0 fully saturated rings. The van der Waals surface area contributed by atoms with E-state index in [2.05, 4.69) is 56.8 Å². The summed E-state index contributed by atoms with van der Waals surface area (Å²) in [5.74, 6) is -0.368. The molecule has 0 saturated heterocycles. The molecule has 0 bridgehead atoms. The number of hydrogen-bond donors (Lipinski definition) is 2. The standard InChI is InChI=1S/C24H24BrN3O2/c1-3-13-28(14-4-2)18-11-7-16(8-12-18)22-20-19(23(29)27-22)21(26-24(20)30)15-5-9-17(25)10-6-15/h5-12,27,29H,3-4,13-14H2,1-2H3. The van der Waals surface area contributed by atoms with Gasteiger partial charge in [0, 0.05) is 28.8 Å². The van der Waals surface area contributed by atoms with Crippen molar-refractivity contribution in [3.8, 4) is 17.1 Å². The Kier molecular flexibility index (Phi) is 5.77. The maximum atomic E-state index is 12.7. The van der Waals surface area contributed by atoms with Gasteiger partial charge >= 0.3 is 0 Å². The Bertz CT molecular complexity index is 1090. The lowest BCUT2D eigenvalue weighted by Gasteiger charge is -2.23. The van der Waals surface area contributed by atoms with Gasteiger partial charge in [-0.25, -0.2) is 4.99 Å². The molecular weight excluding hydrogens is 442 g/mol. The number of aromatic amines is 1. The molecule has 2 aromatic carbocycles. The molecule has 4 rings (SSSR count). The first kappa shape index (κ1) is 20.4. The zero-order valence-electron chi connectivity index (χ0n) is 17.1. The molecule has 1 aliphatic rings. The van der Waals surface area contributed by atoms with Crippen LogP contribution in [0.4, 0.5) is 5.69 Å². The quantitative estimate of drug-likeness (QED) is 0.465. The van der Waals surface area contributed by atoms with Crippen molar-refractivity contribution in [1.82, 2.24) is 4.98 Å². The summed E-state index contributed by atoms with van der Waals surface area (Å²) in [6.45, 7) is 6.37. The average molecular weight is 466 g/mol. The number of carbonyl (C=O) groups is 1. The normalized spacial score (nSPS) is 12.8. The number of halogens is 1. The molecule has 2 heterocycles. The highest BCUT2D eigenvalue weighted by atomic mass is 79.9. The van der Waals surface area contributed by atoms with Crippen molar-refractivity contribution in [3.05, 3.63) is 69.7 Å². The molecule has 5 nitrogen and oxygen atoms in total. The maximum Gasteiger partial charge on any atom is 0.280 e. The van der Waals surface area contributed by atoms with Gasteiger partial charge < -0.3 is 15.0 Å². The molecule has 154 valence electrons. The number of nitrogens with one attached hydrogen (secondary N) is 1. The summed E-state index contributed by atoms with van der Waals surface area (Å²) in [6.07, 6.45) is 2.18. The second-order valence-corrected chi connectivity index (χ2v) is 8.32. The van der Waals surface area contributed by atoms with E-state index >= 15 is 0 Å². The number of aromatic nitrogens is 1. The predicted molar refractivity (Wildman–Crippen MR) is 125 cm³/mol. The SMILES string of the molecule is CCCN(CCC)c1ccc(-c2[nH]c(O)c3c2C(=O)N=C3c2ccc(Br)cc2)cc1. The highest BCUT2D eigenvalue weighted by molar-refractivity contribution is 9.10. The minimum atomic E-state index is -0.336. The number of nitrogens with zero attached hydrogens (tertiary/aromatic N) is 2. The lowest BCUT2D eigenvalue weighted by Crippen LogP contribution is -2.24. The van der Waals surface area contributed by atoms with Crippen LogP contribution in [-0.4, -0.2) is 34.8 Å². The third-order valence-corrected chi connectivity index (χ3v) is 5.80. The monoisotopic (exact) mass is 465 g/mol. The number of H-pyrrole nitrogens is 1. The fourth-order valence-electron chi connectivity index (χ4n) is 3.93. The van der Waals surface area contributed by atoms with Crippen molar-refractivity contribution in [3.63, 3.8) is 0 Å². The summed E-state index contributed by atoms with van der Waals surface area (Å²) in [6, 6.07) is 15.7. The van der Waals surface area contributed by atoms with Gasteiger partial charge in [-0.3, -0.25) is 4.79 Å². The third kappa shape index (κ3) is 3.67. The summed E-state index contributed by atoms with van der Waals surface area (Å²) >= 11 is 3.42. The van der Waals surface area contributed by atoms with Crippen LogP contribution in [0.2, 0.25) is 0 Å². The van der Waals surface area contributed by atoms with Gasteiger partial charge in [-0.1, -0.05) is 54.0 Å². The molecule has 2 N–H and O–H groups in total. The van der Waals surface area contributed by atoms with Gasteiger partial charge in [-0.05, 0) is 42.7 Å². The first-order chi connectivity index (χ1) is 14.5. The summed E-state index contributed by atoms with van der Waals surface area (Å²) in [5.41, 5.74) is 4.80. The van der Waals surface area contributed by atoms with Crippen molar-refractivity contribution in [2.75, 3.05) is 18.0 Å². The fourth-order valence-corrected chi connectivity index (χ4v) is 4.19. The van der Waals surface area contributed by atoms with E-state index in [0.29, 0.717) is 22.5 Å². The molecule has 0 radical (unpaired) electrons. The Morgan fingerprint density at radius 3 is 2.13 bits per heavy atom. The van der Waals surface area contributed by atoms with Crippen molar-refractivity contribution >= 4 is 33.2 Å². The number of hydrogen-bond acceptors (Lipinski definition) is 3. The van der Waals surface area contributed by atoms with E-state index in [4.69, 9.17) is 0 Å². The zero-order valence-corrected chi connectivity index (χ0v) is 18.7. The number of rotatable bonds is 7. The smallest absolute Gasteiger partial charge is 0.280 e. The van der Waals surface area contributed by atoms with Crippen LogP contribution < -0.4 is 4.90 Å². The number of aromatic hydroxyl groups is 1. The van der Waals surface area contributed by atoms with Crippen LogP contribution in [-0.2, 0) is 0 Å². The Morgan fingerprint density at radius 2 is 1.53 bits per heavy atom. The molecule has 0 aliphatic carbocycles. The number of anilines is 1. The van der Waals surface area contributed by atoms with E-state index in [1.165, 1.54) is 0 Å². The van der Waals surface area contributed by atoms with Crippen LogP contribution in [0.5, 0.6) is 5.88 Å². The van der Waals surface area contributed by atoms with Gasteiger partial charge in [0.1, 0.15) is 0 Å². The van der Waals surface area contributed by atoms with E-state index < -0.39 is 0 Å².